The highest BCUT2D eigenvalue weighted by molar-refractivity contribution is 5.85. The van der Waals surface area contributed by atoms with E-state index in [4.69, 9.17) is 9.84 Å². The third-order valence-corrected chi connectivity index (χ3v) is 1.68. The first-order valence-corrected chi connectivity index (χ1v) is 5.70. The Morgan fingerprint density at radius 3 is 1.79 bits per heavy atom. The molecule has 0 aromatic heterocycles. The molecule has 0 aromatic rings. The molecule has 0 spiro atoms. The van der Waals surface area contributed by atoms with Gasteiger partial charge in [0, 0.05) is 6.08 Å². The van der Waals surface area contributed by atoms with Crippen LogP contribution in [0, 0.1) is 5.92 Å². The standard InChI is InChI=1S/C7H14O2.C3H5NO.C3H4O2/c1-4-6(3)7(8)9-5-2;2*1-2-3(4)5/h6H,4-5H2,1-3H3;2H,1H2,(H2,4,5);2H,1H2,(H,4,5). The molecule has 0 saturated carbocycles. The quantitative estimate of drug-likeness (QED) is 0.583. The van der Waals surface area contributed by atoms with E-state index in [0.29, 0.717) is 6.61 Å². The van der Waals surface area contributed by atoms with Crippen LogP contribution in [0.2, 0.25) is 0 Å². The predicted octanol–water partition coefficient (Wildman–Crippen LogP) is 1.51. The lowest BCUT2D eigenvalue weighted by molar-refractivity contribution is -0.147. The van der Waals surface area contributed by atoms with E-state index in [1.165, 1.54) is 0 Å². The van der Waals surface area contributed by atoms with Gasteiger partial charge in [0.25, 0.3) is 0 Å². The summed E-state index contributed by atoms with van der Waals surface area (Å²) in [4.78, 5) is 29.5. The van der Waals surface area contributed by atoms with Crippen LogP contribution in [0.1, 0.15) is 27.2 Å². The second-order valence-electron chi connectivity index (χ2n) is 3.21. The smallest absolute Gasteiger partial charge is 0.327 e. The Morgan fingerprint density at radius 2 is 1.63 bits per heavy atom. The highest BCUT2D eigenvalue weighted by atomic mass is 16.5. The van der Waals surface area contributed by atoms with Crippen molar-refractivity contribution in [3.05, 3.63) is 25.3 Å². The Bertz CT molecular complexity index is 281. The van der Waals surface area contributed by atoms with Gasteiger partial charge in [-0.25, -0.2) is 4.79 Å². The van der Waals surface area contributed by atoms with Crippen molar-refractivity contribution in [2.75, 3.05) is 6.61 Å². The zero-order valence-electron chi connectivity index (χ0n) is 11.7. The van der Waals surface area contributed by atoms with Crippen molar-refractivity contribution in [1.29, 1.82) is 0 Å². The van der Waals surface area contributed by atoms with Crippen molar-refractivity contribution in [2.45, 2.75) is 27.2 Å². The van der Waals surface area contributed by atoms with Crippen LogP contribution in [0.3, 0.4) is 0 Å². The number of carbonyl (C=O) groups excluding carboxylic acids is 2. The van der Waals surface area contributed by atoms with Gasteiger partial charge < -0.3 is 15.6 Å². The molecule has 110 valence electrons. The summed E-state index contributed by atoms with van der Waals surface area (Å²) in [6.45, 7) is 12.2. The Hall–Kier alpha value is -2.11. The highest BCUT2D eigenvalue weighted by Gasteiger charge is 2.09. The van der Waals surface area contributed by atoms with Crippen LogP contribution >= 0.6 is 0 Å². The van der Waals surface area contributed by atoms with Crippen molar-refractivity contribution < 1.29 is 24.2 Å². The Labute approximate surface area is 113 Å². The van der Waals surface area contributed by atoms with Gasteiger partial charge in [-0.2, -0.15) is 0 Å². The number of nitrogens with two attached hydrogens (primary N) is 1. The Balaban J connectivity index is -0.000000219. The van der Waals surface area contributed by atoms with Gasteiger partial charge in [-0.1, -0.05) is 27.0 Å². The van der Waals surface area contributed by atoms with Crippen molar-refractivity contribution in [2.24, 2.45) is 11.7 Å². The summed E-state index contributed by atoms with van der Waals surface area (Å²) in [5, 5.41) is 7.60. The van der Waals surface area contributed by atoms with E-state index in [1.54, 1.807) is 0 Å². The van der Waals surface area contributed by atoms with Crippen molar-refractivity contribution >= 4 is 17.8 Å². The number of carbonyl (C=O) groups is 3. The molecule has 6 nitrogen and oxygen atoms in total. The number of primary amides is 1. The second kappa shape index (κ2) is 15.9. The van der Waals surface area contributed by atoms with E-state index in [-0.39, 0.29) is 11.9 Å². The number of carboxylic acid groups (broad SMARTS) is 1. The number of aliphatic carboxylic acids is 1. The van der Waals surface area contributed by atoms with Crippen LogP contribution in [0.4, 0.5) is 0 Å². The number of hydrogen-bond donors (Lipinski definition) is 2. The maximum Gasteiger partial charge on any atom is 0.327 e. The first-order valence-electron chi connectivity index (χ1n) is 5.70. The van der Waals surface area contributed by atoms with Crippen molar-refractivity contribution in [3.8, 4) is 0 Å². The summed E-state index contributed by atoms with van der Waals surface area (Å²) < 4.78 is 4.76. The number of ether oxygens (including phenoxy) is 1. The average molecular weight is 273 g/mol. The van der Waals surface area contributed by atoms with Crippen molar-refractivity contribution in [3.63, 3.8) is 0 Å². The molecule has 0 bridgehead atoms. The zero-order chi connectivity index (χ0) is 15.8. The lowest BCUT2D eigenvalue weighted by Gasteiger charge is -2.05. The summed E-state index contributed by atoms with van der Waals surface area (Å²) in [5.41, 5.74) is 4.53. The molecule has 1 atom stereocenters. The third-order valence-electron chi connectivity index (χ3n) is 1.68. The lowest BCUT2D eigenvalue weighted by atomic mass is 10.1. The SMILES string of the molecule is C=CC(=O)O.C=CC(N)=O.CCOC(=O)C(C)CC. The fourth-order valence-corrected chi connectivity index (χ4v) is 0.451. The van der Waals surface area contributed by atoms with Crippen LogP contribution < -0.4 is 5.73 Å². The maximum absolute atomic E-state index is 10.8. The summed E-state index contributed by atoms with van der Waals surface area (Å²) in [6, 6.07) is 0. The topological polar surface area (TPSA) is 107 Å². The molecule has 0 fully saturated rings. The fraction of sp³-hybridized carbons (Fsp3) is 0.462. The number of rotatable bonds is 5. The van der Waals surface area contributed by atoms with E-state index < -0.39 is 11.9 Å². The molecule has 0 heterocycles. The third kappa shape index (κ3) is 25.9. The van der Waals surface area contributed by atoms with E-state index in [1.807, 2.05) is 20.8 Å². The Kier molecular flexibility index (Phi) is 18.5. The van der Waals surface area contributed by atoms with E-state index in [9.17, 15) is 14.4 Å². The molecule has 0 aliphatic heterocycles. The van der Waals surface area contributed by atoms with Gasteiger partial charge in [-0.05, 0) is 19.4 Å². The molecule has 0 rings (SSSR count). The normalized spacial score (nSPS) is 9.42. The summed E-state index contributed by atoms with van der Waals surface area (Å²) in [5.74, 6) is -1.49. The molecule has 19 heavy (non-hydrogen) atoms. The number of amides is 1. The van der Waals surface area contributed by atoms with Crippen molar-refractivity contribution in [1.82, 2.24) is 0 Å². The molecular formula is C13H23NO5. The molecule has 0 saturated heterocycles. The largest absolute Gasteiger partial charge is 0.478 e. The van der Waals surface area contributed by atoms with E-state index in [2.05, 4.69) is 18.9 Å². The summed E-state index contributed by atoms with van der Waals surface area (Å²) >= 11 is 0. The average Bonchev–Trinajstić information content (AvgIpc) is 2.39. The molecule has 3 N–H and O–H groups in total. The van der Waals surface area contributed by atoms with E-state index >= 15 is 0 Å². The molecule has 0 radical (unpaired) electrons. The monoisotopic (exact) mass is 273 g/mol. The van der Waals surface area contributed by atoms with Crippen LogP contribution in [-0.2, 0) is 19.1 Å². The summed E-state index contributed by atoms with van der Waals surface area (Å²) in [7, 11) is 0. The Morgan fingerprint density at radius 1 is 1.26 bits per heavy atom. The minimum atomic E-state index is -0.981. The molecular weight excluding hydrogens is 250 g/mol. The number of esters is 1. The van der Waals surface area contributed by atoms with Gasteiger partial charge in [-0.3, -0.25) is 9.59 Å². The van der Waals surface area contributed by atoms with Crippen LogP contribution in [-0.4, -0.2) is 29.6 Å². The molecule has 1 unspecified atom stereocenters. The van der Waals surface area contributed by atoms with Gasteiger partial charge >= 0.3 is 11.9 Å². The fourth-order valence-electron chi connectivity index (χ4n) is 0.451. The van der Waals surface area contributed by atoms with Crippen LogP contribution in [0.25, 0.3) is 0 Å². The summed E-state index contributed by atoms with van der Waals surface area (Å²) in [6.07, 6.45) is 2.75. The van der Waals surface area contributed by atoms with E-state index in [0.717, 1.165) is 18.6 Å². The molecule has 0 aromatic carbocycles. The lowest BCUT2D eigenvalue weighted by Crippen LogP contribution is -2.13. The molecule has 1 amide bonds. The second-order valence-corrected chi connectivity index (χ2v) is 3.21. The minimum Gasteiger partial charge on any atom is -0.478 e. The van der Waals surface area contributed by atoms with Gasteiger partial charge in [0.05, 0.1) is 12.5 Å². The number of hydrogen-bond acceptors (Lipinski definition) is 4. The molecule has 0 aliphatic rings. The van der Waals surface area contributed by atoms with Gasteiger partial charge in [0.1, 0.15) is 0 Å². The molecule has 0 aliphatic carbocycles. The van der Waals surface area contributed by atoms with Gasteiger partial charge in [-0.15, -0.1) is 0 Å². The molecule has 6 heteroatoms. The van der Waals surface area contributed by atoms with Crippen LogP contribution in [0.15, 0.2) is 25.3 Å². The van der Waals surface area contributed by atoms with Gasteiger partial charge in [0.2, 0.25) is 5.91 Å². The number of carboxylic acids is 1. The van der Waals surface area contributed by atoms with Crippen LogP contribution in [0.5, 0.6) is 0 Å². The first kappa shape index (κ1) is 22.1. The first-order chi connectivity index (χ1) is 8.76. The van der Waals surface area contributed by atoms with Gasteiger partial charge in [0.15, 0.2) is 0 Å². The zero-order valence-corrected chi connectivity index (χ0v) is 11.7. The minimum absolute atomic E-state index is 0.0601. The predicted molar refractivity (Wildman–Crippen MR) is 73.3 cm³/mol. The maximum atomic E-state index is 10.8. The highest BCUT2D eigenvalue weighted by Crippen LogP contribution is 2.01.